The number of imide groups is 1. The number of hydrogen-bond acceptors (Lipinski definition) is 13. The predicted molar refractivity (Wildman–Crippen MR) is 287 cm³/mol. The summed E-state index contributed by atoms with van der Waals surface area (Å²) >= 11 is 1.45. The molecule has 10 rings (SSSR count). The number of aryl methyl sites for hydroxylation is 1. The standard InChI is InChI=1S/C57H63N9O6S/c1-36-39(15-13-18-47(36)71-33-11-7-6-10-27-64-29-31-65(32-30-64)38-20-21-42-46(34-38)63(5)62-51(42)43-23-25-50(67)60-54(43)69)40-22-24-49(59-52(40)55(70)72-57(2,3)4)66-28-26-37-14-12-16-41(44(37)35-66)53(68)61-56-58-45-17-8-9-19-48(45)73-56/h8-9,12-22,24,34,43H,6-7,10-11,23,25-33,35H2,1-5H3,(H,58,61,68)(H,60,67,69). The third-order valence-electron chi connectivity index (χ3n) is 14.2. The zero-order valence-corrected chi connectivity index (χ0v) is 43.1. The largest absolute Gasteiger partial charge is 0.493 e. The monoisotopic (exact) mass is 1000 g/mol. The number of amides is 3. The molecule has 6 heterocycles. The van der Waals surface area contributed by atoms with E-state index >= 15 is 0 Å². The highest BCUT2D eigenvalue weighted by Gasteiger charge is 2.32. The van der Waals surface area contributed by atoms with Crippen LogP contribution in [0.5, 0.6) is 5.75 Å². The molecular formula is C57H63N9O6S. The molecule has 2 saturated heterocycles. The average molecular weight is 1000 g/mol. The fraction of sp³-hybridized carbons (Fsp3) is 0.386. The fourth-order valence-electron chi connectivity index (χ4n) is 10.4. The lowest BCUT2D eigenvalue weighted by molar-refractivity contribution is -0.134. The third kappa shape index (κ3) is 11.0. The Balaban J connectivity index is 0.728. The van der Waals surface area contributed by atoms with Crippen molar-refractivity contribution in [3.8, 4) is 16.9 Å². The van der Waals surface area contributed by atoms with E-state index in [9.17, 15) is 19.2 Å². The summed E-state index contributed by atoms with van der Waals surface area (Å²) in [6.07, 6.45) is 5.77. The quantitative estimate of drug-likeness (QED) is 0.0569. The van der Waals surface area contributed by atoms with Crippen molar-refractivity contribution in [1.82, 2.24) is 30.0 Å². The number of carbonyl (C=O) groups excluding carboxylic acids is 4. The van der Waals surface area contributed by atoms with Gasteiger partial charge in [0, 0.05) is 74.9 Å². The highest BCUT2D eigenvalue weighted by atomic mass is 32.1. The van der Waals surface area contributed by atoms with E-state index in [1.165, 1.54) is 11.3 Å². The maximum atomic E-state index is 14.0. The summed E-state index contributed by atoms with van der Waals surface area (Å²) in [5.41, 5.74) is 8.31. The normalized spacial score (nSPS) is 16.4. The molecular weight excluding hydrogens is 939 g/mol. The Morgan fingerprint density at radius 3 is 2.45 bits per heavy atom. The molecule has 3 amide bonds. The van der Waals surface area contributed by atoms with Gasteiger partial charge in [-0.05, 0) is 137 Å². The van der Waals surface area contributed by atoms with Crippen molar-refractivity contribution in [1.29, 1.82) is 0 Å². The van der Waals surface area contributed by atoms with Crippen LogP contribution in [-0.2, 0) is 34.3 Å². The topological polar surface area (TPSA) is 164 Å². The molecule has 0 aliphatic carbocycles. The van der Waals surface area contributed by atoms with Crippen molar-refractivity contribution >= 4 is 72.8 Å². The Hall–Kier alpha value is -7.17. The molecule has 2 N–H and O–H groups in total. The Labute approximate surface area is 429 Å². The zero-order valence-electron chi connectivity index (χ0n) is 42.3. The number of benzene rings is 4. The molecule has 15 nitrogen and oxygen atoms in total. The molecule has 0 bridgehead atoms. The van der Waals surface area contributed by atoms with Crippen LogP contribution in [0.1, 0.15) is 108 Å². The first-order chi connectivity index (χ1) is 35.3. The van der Waals surface area contributed by atoms with Gasteiger partial charge in [-0.15, -0.1) is 0 Å². The van der Waals surface area contributed by atoms with Crippen molar-refractivity contribution in [3.05, 3.63) is 125 Å². The Kier molecular flexibility index (Phi) is 14.3. The van der Waals surface area contributed by atoms with Gasteiger partial charge in [0.2, 0.25) is 11.8 Å². The van der Waals surface area contributed by atoms with E-state index in [1.807, 2.05) is 106 Å². The maximum Gasteiger partial charge on any atom is 0.358 e. The summed E-state index contributed by atoms with van der Waals surface area (Å²) in [4.78, 5) is 68.9. The van der Waals surface area contributed by atoms with Crippen molar-refractivity contribution < 1.29 is 28.7 Å². The Morgan fingerprint density at radius 2 is 1.64 bits per heavy atom. The third-order valence-corrected chi connectivity index (χ3v) is 15.2. The number of anilines is 3. The molecule has 4 aromatic carbocycles. The van der Waals surface area contributed by atoms with Crippen LogP contribution >= 0.6 is 11.3 Å². The predicted octanol–water partition coefficient (Wildman–Crippen LogP) is 9.61. The Morgan fingerprint density at radius 1 is 0.836 bits per heavy atom. The van der Waals surface area contributed by atoms with E-state index in [0.717, 1.165) is 119 Å². The van der Waals surface area contributed by atoms with Crippen LogP contribution in [0, 0.1) is 6.92 Å². The molecule has 7 aromatic rings. The van der Waals surface area contributed by atoms with E-state index in [1.54, 1.807) is 0 Å². The molecule has 3 aliphatic heterocycles. The lowest BCUT2D eigenvalue weighted by atomic mass is 9.93. The summed E-state index contributed by atoms with van der Waals surface area (Å²) in [6, 6.07) is 29.9. The number of nitrogens with one attached hydrogen (secondary N) is 2. The van der Waals surface area contributed by atoms with E-state index < -0.39 is 17.5 Å². The van der Waals surface area contributed by atoms with Gasteiger partial charge in [-0.1, -0.05) is 60.6 Å². The van der Waals surface area contributed by atoms with Gasteiger partial charge in [-0.2, -0.15) is 5.10 Å². The average Bonchev–Trinajstić information content (AvgIpc) is 3.95. The number of unbranched alkanes of at least 4 members (excludes halogenated alkanes) is 3. The number of hydrogen-bond donors (Lipinski definition) is 2. The molecule has 378 valence electrons. The van der Waals surface area contributed by atoms with Gasteiger partial charge in [-0.25, -0.2) is 14.8 Å². The highest BCUT2D eigenvalue weighted by Crippen LogP contribution is 2.37. The summed E-state index contributed by atoms with van der Waals surface area (Å²) in [7, 11) is 1.91. The molecule has 73 heavy (non-hydrogen) atoms. The first-order valence-corrected chi connectivity index (χ1v) is 26.4. The van der Waals surface area contributed by atoms with Gasteiger partial charge < -0.3 is 19.3 Å². The first-order valence-electron chi connectivity index (χ1n) is 25.5. The minimum atomic E-state index is -0.733. The van der Waals surface area contributed by atoms with Crippen LogP contribution in [0.15, 0.2) is 91.0 Å². The molecule has 3 aromatic heterocycles. The summed E-state index contributed by atoms with van der Waals surface area (Å²) in [5.74, 6) is -0.201. The molecule has 0 radical (unpaired) electrons. The molecule has 1 atom stereocenters. The number of para-hydroxylation sites is 1. The number of carbonyl (C=O) groups is 4. The second-order valence-corrected chi connectivity index (χ2v) is 21.4. The van der Waals surface area contributed by atoms with Gasteiger partial charge in [0.1, 0.15) is 17.2 Å². The van der Waals surface area contributed by atoms with Gasteiger partial charge >= 0.3 is 5.97 Å². The SMILES string of the molecule is Cc1c(OCCCCCCN2CCN(c3ccc4c(C5CCC(=O)NC5=O)nn(C)c4c3)CC2)cccc1-c1ccc(N2CCc3cccc(C(=O)Nc4nc5ccccc5s4)c3C2)nc1C(=O)OC(C)(C)C. The maximum absolute atomic E-state index is 14.0. The number of aromatic nitrogens is 4. The van der Waals surface area contributed by atoms with Gasteiger partial charge in [0.05, 0.1) is 34.0 Å². The van der Waals surface area contributed by atoms with Gasteiger partial charge in [-0.3, -0.25) is 34.6 Å². The molecule has 0 saturated carbocycles. The van der Waals surface area contributed by atoms with E-state index in [0.29, 0.717) is 61.0 Å². The van der Waals surface area contributed by atoms with Crippen LogP contribution < -0.4 is 25.2 Å². The second kappa shape index (κ2) is 21.1. The van der Waals surface area contributed by atoms with E-state index in [4.69, 9.17) is 19.6 Å². The summed E-state index contributed by atoms with van der Waals surface area (Å²) in [5, 5.41) is 11.7. The highest BCUT2D eigenvalue weighted by molar-refractivity contribution is 7.22. The van der Waals surface area contributed by atoms with Crippen molar-refractivity contribution in [2.75, 3.05) is 61.0 Å². The van der Waals surface area contributed by atoms with Crippen LogP contribution in [0.25, 0.3) is 32.2 Å². The Bertz CT molecular complexity index is 3190. The second-order valence-electron chi connectivity index (χ2n) is 20.4. The molecule has 0 spiro atoms. The lowest BCUT2D eigenvalue weighted by Crippen LogP contribution is -2.46. The summed E-state index contributed by atoms with van der Waals surface area (Å²) in [6.45, 7) is 14.2. The van der Waals surface area contributed by atoms with Gasteiger partial charge in [0.25, 0.3) is 5.91 Å². The van der Waals surface area contributed by atoms with Crippen LogP contribution in [0.2, 0.25) is 0 Å². The smallest absolute Gasteiger partial charge is 0.358 e. The van der Waals surface area contributed by atoms with Crippen molar-refractivity contribution in [2.24, 2.45) is 7.05 Å². The molecule has 3 aliphatic rings. The van der Waals surface area contributed by atoms with Crippen molar-refractivity contribution in [3.63, 3.8) is 0 Å². The number of esters is 1. The minimum Gasteiger partial charge on any atom is -0.493 e. The van der Waals surface area contributed by atoms with E-state index in [-0.39, 0.29) is 23.4 Å². The lowest BCUT2D eigenvalue weighted by Gasteiger charge is -2.36. The van der Waals surface area contributed by atoms with E-state index in [2.05, 4.69) is 54.6 Å². The number of ether oxygens (including phenoxy) is 2. The number of piperidine rings is 1. The van der Waals surface area contributed by atoms with Crippen LogP contribution in [0.3, 0.4) is 0 Å². The first kappa shape index (κ1) is 49.4. The number of fused-ring (bicyclic) bond motifs is 3. The molecule has 16 heteroatoms. The number of rotatable bonds is 15. The minimum absolute atomic E-state index is 0.209. The molecule has 2 fully saturated rings. The van der Waals surface area contributed by atoms with Crippen molar-refractivity contribution in [2.45, 2.75) is 90.7 Å². The summed E-state index contributed by atoms with van der Waals surface area (Å²) < 4.78 is 15.2. The number of thiazole rings is 1. The zero-order chi connectivity index (χ0) is 50.8. The number of pyridine rings is 1. The molecule has 1 unspecified atom stereocenters. The fourth-order valence-corrected chi connectivity index (χ4v) is 11.2. The number of piperazine rings is 1. The van der Waals surface area contributed by atoms with Crippen LogP contribution in [-0.4, -0.2) is 99.8 Å². The van der Waals surface area contributed by atoms with Crippen LogP contribution in [0.4, 0.5) is 16.6 Å². The number of nitrogens with zero attached hydrogens (tertiary/aromatic N) is 7. The van der Waals surface area contributed by atoms with Gasteiger partial charge in [0.15, 0.2) is 10.8 Å².